The molecule has 0 fully saturated rings. The topological polar surface area (TPSA) is 66.9 Å². The number of aromatic nitrogens is 2. The average molecular weight is 425 g/mol. The molecule has 152 valence electrons. The van der Waals surface area contributed by atoms with Crippen LogP contribution in [0.3, 0.4) is 0 Å². The molecule has 0 radical (unpaired) electrons. The van der Waals surface area contributed by atoms with E-state index in [-0.39, 0.29) is 16.9 Å². The number of carbonyl (C=O) groups excluding carboxylic acids is 1. The molecule has 3 rings (SSSR count). The van der Waals surface area contributed by atoms with Gasteiger partial charge in [-0.15, -0.1) is 0 Å². The molecule has 1 atom stereocenters. The predicted octanol–water partition coefficient (Wildman–Crippen LogP) is 4.01. The summed E-state index contributed by atoms with van der Waals surface area (Å²) in [6.07, 6.45) is -5.17. The summed E-state index contributed by atoms with van der Waals surface area (Å²) in [5, 5.41) is 2.24. The minimum absolute atomic E-state index is 0.0624. The van der Waals surface area contributed by atoms with E-state index in [4.69, 9.17) is 12.2 Å². The first-order valence-electron chi connectivity index (χ1n) is 8.50. The zero-order valence-electron chi connectivity index (χ0n) is 14.8. The molecule has 0 saturated heterocycles. The van der Waals surface area contributed by atoms with Crippen molar-refractivity contribution in [1.29, 1.82) is 0 Å². The molecule has 0 aliphatic heterocycles. The third-order valence-electron chi connectivity index (χ3n) is 4.29. The summed E-state index contributed by atoms with van der Waals surface area (Å²) >= 11 is 5.11. The largest absolute Gasteiger partial charge is 0.412 e. The van der Waals surface area contributed by atoms with Crippen molar-refractivity contribution >= 4 is 29.0 Å². The van der Waals surface area contributed by atoms with Crippen molar-refractivity contribution in [2.24, 2.45) is 0 Å². The van der Waals surface area contributed by atoms with E-state index in [0.29, 0.717) is 10.9 Å². The molecule has 10 heteroatoms. The van der Waals surface area contributed by atoms with Crippen molar-refractivity contribution in [2.75, 3.05) is 0 Å². The Labute approximate surface area is 167 Å². The van der Waals surface area contributed by atoms with E-state index in [1.165, 1.54) is 0 Å². The van der Waals surface area contributed by atoms with Crippen LogP contribution in [0.4, 0.5) is 17.6 Å². The van der Waals surface area contributed by atoms with Gasteiger partial charge in [-0.05, 0) is 42.0 Å². The monoisotopic (exact) mass is 425 g/mol. The fourth-order valence-electron chi connectivity index (χ4n) is 2.86. The molecule has 0 aliphatic carbocycles. The Balaban J connectivity index is 1.78. The van der Waals surface area contributed by atoms with Crippen molar-refractivity contribution in [3.05, 3.63) is 75.0 Å². The smallest absolute Gasteiger partial charge is 0.341 e. The molecule has 0 aliphatic rings. The average Bonchev–Trinajstić information content (AvgIpc) is 2.66. The maximum atomic E-state index is 13.3. The number of aromatic amines is 1. The summed E-state index contributed by atoms with van der Waals surface area (Å²) in [6, 6.07) is 8.01. The lowest BCUT2D eigenvalue weighted by Gasteiger charge is -2.22. The summed E-state index contributed by atoms with van der Waals surface area (Å²) in [4.78, 5) is 27.5. The molecule has 0 saturated carbocycles. The highest BCUT2D eigenvalue weighted by Crippen LogP contribution is 2.32. The molecular weight excluding hydrogens is 410 g/mol. The number of hydrogen-bond donors (Lipinski definition) is 2. The van der Waals surface area contributed by atoms with Gasteiger partial charge in [0.15, 0.2) is 10.8 Å². The van der Waals surface area contributed by atoms with Gasteiger partial charge < -0.3 is 10.3 Å². The molecule has 5 nitrogen and oxygen atoms in total. The molecule has 29 heavy (non-hydrogen) atoms. The van der Waals surface area contributed by atoms with Crippen LogP contribution in [0.15, 0.2) is 53.3 Å². The lowest BCUT2D eigenvalue weighted by atomic mass is 10.1. The van der Waals surface area contributed by atoms with Crippen LogP contribution in [0.1, 0.15) is 18.0 Å². The standard InChI is InChI=1S/C19H15F4N3O2S/c20-12-7-5-11(6-8-12)16(19(21,22)23)25-15(27)9-10-26-17(28)13-3-1-2-4-14(13)24-18(26)29/h1-8,16H,9-10H2,(H,24,29)(H,25,27). The molecule has 0 bridgehead atoms. The van der Waals surface area contributed by atoms with E-state index >= 15 is 0 Å². The van der Waals surface area contributed by atoms with Gasteiger partial charge in [-0.25, -0.2) is 4.39 Å². The molecule has 3 aromatic rings. The first-order chi connectivity index (χ1) is 13.7. The van der Waals surface area contributed by atoms with Gasteiger partial charge >= 0.3 is 6.18 Å². The van der Waals surface area contributed by atoms with Crippen LogP contribution in [-0.4, -0.2) is 21.6 Å². The van der Waals surface area contributed by atoms with E-state index in [1.807, 2.05) is 5.32 Å². The number of carbonyl (C=O) groups is 1. The fraction of sp³-hybridized carbons (Fsp3) is 0.211. The van der Waals surface area contributed by atoms with Crippen molar-refractivity contribution in [1.82, 2.24) is 14.9 Å². The van der Waals surface area contributed by atoms with Gasteiger partial charge in [0.2, 0.25) is 5.91 Å². The molecular formula is C19H15F4N3O2S. The lowest BCUT2D eigenvalue weighted by Crippen LogP contribution is -2.38. The van der Waals surface area contributed by atoms with E-state index in [2.05, 4.69) is 4.98 Å². The van der Waals surface area contributed by atoms with Gasteiger partial charge in [0, 0.05) is 13.0 Å². The zero-order chi connectivity index (χ0) is 21.2. The van der Waals surface area contributed by atoms with Crippen LogP contribution >= 0.6 is 12.2 Å². The number of halogens is 4. The summed E-state index contributed by atoms with van der Waals surface area (Å²) in [6.45, 7) is -0.196. The summed E-state index contributed by atoms with van der Waals surface area (Å²) < 4.78 is 54.2. The number of rotatable bonds is 5. The number of alkyl halides is 3. The van der Waals surface area contributed by atoms with Crippen molar-refractivity contribution in [3.63, 3.8) is 0 Å². The van der Waals surface area contributed by atoms with Crippen LogP contribution in [0.2, 0.25) is 0 Å². The fourth-order valence-corrected chi connectivity index (χ4v) is 3.14. The van der Waals surface area contributed by atoms with Crippen molar-refractivity contribution in [2.45, 2.75) is 25.2 Å². The van der Waals surface area contributed by atoms with Gasteiger partial charge in [0.05, 0.1) is 10.9 Å². The minimum atomic E-state index is -4.77. The van der Waals surface area contributed by atoms with Gasteiger partial charge in [-0.1, -0.05) is 24.3 Å². The van der Waals surface area contributed by atoms with Crippen molar-refractivity contribution in [3.8, 4) is 0 Å². The summed E-state index contributed by atoms with van der Waals surface area (Å²) in [5.41, 5.74) is -0.216. The predicted molar refractivity (Wildman–Crippen MR) is 101 cm³/mol. The Morgan fingerprint density at radius 2 is 1.79 bits per heavy atom. The van der Waals surface area contributed by atoms with E-state index in [1.54, 1.807) is 24.3 Å². The maximum absolute atomic E-state index is 13.3. The highest BCUT2D eigenvalue weighted by Gasteiger charge is 2.41. The van der Waals surface area contributed by atoms with Crippen LogP contribution in [0.5, 0.6) is 0 Å². The number of amides is 1. The van der Waals surface area contributed by atoms with Gasteiger partial charge in [0.1, 0.15) is 5.82 Å². The van der Waals surface area contributed by atoms with Crippen molar-refractivity contribution < 1.29 is 22.4 Å². The van der Waals surface area contributed by atoms with Crippen LogP contribution in [0, 0.1) is 10.6 Å². The Morgan fingerprint density at radius 1 is 1.14 bits per heavy atom. The maximum Gasteiger partial charge on any atom is 0.412 e. The molecule has 1 heterocycles. The first kappa shape index (κ1) is 20.7. The Bertz CT molecular complexity index is 1150. The van der Waals surface area contributed by atoms with Gasteiger partial charge in [-0.3, -0.25) is 14.2 Å². The van der Waals surface area contributed by atoms with E-state index in [9.17, 15) is 27.2 Å². The number of benzene rings is 2. The Kier molecular flexibility index (Phi) is 5.83. The minimum Gasteiger partial charge on any atom is -0.341 e. The van der Waals surface area contributed by atoms with Crippen LogP contribution in [0.25, 0.3) is 10.9 Å². The molecule has 1 aromatic heterocycles. The third kappa shape index (κ3) is 4.70. The Hall–Kier alpha value is -3.01. The number of nitrogens with zero attached hydrogens (tertiary/aromatic N) is 1. The second-order valence-corrected chi connectivity index (χ2v) is 6.66. The second-order valence-electron chi connectivity index (χ2n) is 6.28. The normalized spacial score (nSPS) is 12.7. The third-order valence-corrected chi connectivity index (χ3v) is 4.61. The number of hydrogen-bond acceptors (Lipinski definition) is 3. The van der Waals surface area contributed by atoms with Crippen LogP contribution < -0.4 is 10.9 Å². The molecule has 1 unspecified atom stereocenters. The van der Waals surface area contributed by atoms with Gasteiger partial charge in [-0.2, -0.15) is 13.2 Å². The Morgan fingerprint density at radius 3 is 2.45 bits per heavy atom. The zero-order valence-corrected chi connectivity index (χ0v) is 15.6. The lowest BCUT2D eigenvalue weighted by molar-refractivity contribution is -0.163. The van der Waals surface area contributed by atoms with Crippen LogP contribution in [-0.2, 0) is 11.3 Å². The van der Waals surface area contributed by atoms with E-state index in [0.717, 1.165) is 28.8 Å². The molecule has 2 aromatic carbocycles. The summed E-state index contributed by atoms with van der Waals surface area (Å²) in [7, 11) is 0. The highest BCUT2D eigenvalue weighted by atomic mass is 32.1. The number of para-hydroxylation sites is 1. The first-order valence-corrected chi connectivity index (χ1v) is 8.91. The SMILES string of the molecule is O=C(CCn1c(=S)[nH]c2ccccc2c1=O)NC(c1ccc(F)cc1)C(F)(F)F. The second kappa shape index (κ2) is 8.16. The molecule has 1 amide bonds. The quantitative estimate of drug-likeness (QED) is 0.480. The molecule has 2 N–H and O–H groups in total. The highest BCUT2D eigenvalue weighted by molar-refractivity contribution is 7.71. The number of H-pyrrole nitrogens is 1. The number of fused-ring (bicyclic) bond motifs is 1. The van der Waals surface area contributed by atoms with E-state index < -0.39 is 35.9 Å². The number of nitrogens with one attached hydrogen (secondary N) is 2. The summed E-state index contributed by atoms with van der Waals surface area (Å²) in [5.74, 6) is -1.61. The molecule has 0 spiro atoms. The van der Waals surface area contributed by atoms with Gasteiger partial charge in [0.25, 0.3) is 5.56 Å².